The van der Waals surface area contributed by atoms with E-state index in [-0.39, 0.29) is 24.0 Å². The lowest BCUT2D eigenvalue weighted by Crippen LogP contribution is -2.42. The van der Waals surface area contributed by atoms with E-state index >= 15 is 0 Å². The summed E-state index contributed by atoms with van der Waals surface area (Å²) in [5.41, 5.74) is 1.11. The van der Waals surface area contributed by atoms with Crippen LogP contribution in [0.1, 0.15) is 22.2 Å². The predicted octanol–water partition coefficient (Wildman–Crippen LogP) is 3.98. The Morgan fingerprint density at radius 3 is 2.62 bits per heavy atom. The number of rotatable bonds is 6. The molecule has 0 aliphatic heterocycles. The highest BCUT2D eigenvalue weighted by molar-refractivity contribution is 14.0. The summed E-state index contributed by atoms with van der Waals surface area (Å²) >= 11 is 1.85. The fraction of sp³-hybridized carbons (Fsp3) is 0.389. The molecule has 0 amide bonds. The summed E-state index contributed by atoms with van der Waals surface area (Å²) in [5, 5.41) is 6.78. The van der Waals surface area contributed by atoms with Gasteiger partial charge in [-0.2, -0.15) is 0 Å². The SMILES string of the molecule is CN=C(NCc1ccccc1OC)NC(C)Cc1ccc(C)s1.I. The van der Waals surface area contributed by atoms with Gasteiger partial charge in [0, 0.05) is 41.4 Å². The molecule has 132 valence electrons. The maximum Gasteiger partial charge on any atom is 0.191 e. The number of methoxy groups -OCH3 is 1. The average Bonchev–Trinajstić information content (AvgIpc) is 2.96. The first-order valence-electron chi connectivity index (χ1n) is 7.76. The van der Waals surface area contributed by atoms with Crippen LogP contribution in [0.25, 0.3) is 0 Å². The number of aryl methyl sites for hydroxylation is 1. The smallest absolute Gasteiger partial charge is 0.191 e. The third-order valence-corrected chi connectivity index (χ3v) is 4.57. The molecule has 0 aliphatic carbocycles. The summed E-state index contributed by atoms with van der Waals surface area (Å²) in [5.74, 6) is 1.69. The highest BCUT2D eigenvalue weighted by atomic mass is 127. The second kappa shape index (κ2) is 10.6. The van der Waals surface area contributed by atoms with Crippen LogP contribution in [-0.4, -0.2) is 26.2 Å². The summed E-state index contributed by atoms with van der Waals surface area (Å²) in [7, 11) is 3.48. The number of nitrogens with one attached hydrogen (secondary N) is 2. The van der Waals surface area contributed by atoms with Crippen LogP contribution in [0, 0.1) is 6.92 Å². The van der Waals surface area contributed by atoms with Crippen LogP contribution in [-0.2, 0) is 13.0 Å². The molecular formula is C18H26IN3OS. The molecule has 4 nitrogen and oxygen atoms in total. The molecule has 1 unspecified atom stereocenters. The van der Waals surface area contributed by atoms with Crippen LogP contribution in [0.15, 0.2) is 41.4 Å². The quantitative estimate of drug-likeness (QED) is 0.390. The minimum Gasteiger partial charge on any atom is -0.496 e. The van der Waals surface area contributed by atoms with Gasteiger partial charge in [0.1, 0.15) is 5.75 Å². The number of benzene rings is 1. The molecule has 6 heteroatoms. The zero-order valence-corrected chi connectivity index (χ0v) is 17.8. The Kier molecular flexibility index (Phi) is 9.13. The van der Waals surface area contributed by atoms with E-state index in [9.17, 15) is 0 Å². The summed E-state index contributed by atoms with van der Waals surface area (Å²) in [6.07, 6.45) is 0.994. The molecule has 1 aromatic heterocycles. The highest BCUT2D eigenvalue weighted by Gasteiger charge is 2.08. The second-order valence-electron chi connectivity index (χ2n) is 5.50. The normalized spacial score (nSPS) is 12.2. The van der Waals surface area contributed by atoms with Gasteiger partial charge in [-0.15, -0.1) is 35.3 Å². The van der Waals surface area contributed by atoms with Crippen molar-refractivity contribution < 1.29 is 4.74 Å². The molecule has 0 fully saturated rings. The number of ether oxygens (including phenoxy) is 1. The second-order valence-corrected chi connectivity index (χ2v) is 6.87. The number of halogens is 1. The maximum absolute atomic E-state index is 5.37. The Morgan fingerprint density at radius 2 is 2.00 bits per heavy atom. The van der Waals surface area contributed by atoms with Crippen molar-refractivity contribution in [1.29, 1.82) is 0 Å². The molecule has 2 rings (SSSR count). The first-order chi connectivity index (χ1) is 11.1. The van der Waals surface area contributed by atoms with Crippen molar-refractivity contribution in [2.75, 3.05) is 14.2 Å². The fourth-order valence-electron chi connectivity index (χ4n) is 2.40. The van der Waals surface area contributed by atoms with Crippen molar-refractivity contribution in [3.63, 3.8) is 0 Å². The van der Waals surface area contributed by atoms with Gasteiger partial charge in [-0.3, -0.25) is 4.99 Å². The van der Waals surface area contributed by atoms with Crippen LogP contribution in [0.4, 0.5) is 0 Å². The molecule has 2 aromatic rings. The van der Waals surface area contributed by atoms with E-state index in [0.717, 1.165) is 23.7 Å². The van der Waals surface area contributed by atoms with Crippen molar-refractivity contribution in [3.8, 4) is 5.75 Å². The van der Waals surface area contributed by atoms with E-state index in [1.165, 1.54) is 9.75 Å². The molecule has 1 heterocycles. The van der Waals surface area contributed by atoms with Gasteiger partial charge in [0.25, 0.3) is 0 Å². The van der Waals surface area contributed by atoms with Gasteiger partial charge in [-0.1, -0.05) is 18.2 Å². The maximum atomic E-state index is 5.37. The third-order valence-electron chi connectivity index (χ3n) is 3.55. The van der Waals surface area contributed by atoms with E-state index in [2.05, 4.69) is 47.7 Å². The molecule has 1 atom stereocenters. The van der Waals surface area contributed by atoms with Crippen molar-refractivity contribution >= 4 is 41.3 Å². The van der Waals surface area contributed by atoms with Crippen molar-refractivity contribution in [2.24, 2.45) is 4.99 Å². The molecule has 0 bridgehead atoms. The van der Waals surface area contributed by atoms with Crippen LogP contribution in [0.5, 0.6) is 5.75 Å². The Hall–Kier alpha value is -1.28. The van der Waals surface area contributed by atoms with Gasteiger partial charge >= 0.3 is 0 Å². The lowest BCUT2D eigenvalue weighted by atomic mass is 10.2. The molecule has 0 aliphatic rings. The van der Waals surface area contributed by atoms with Crippen molar-refractivity contribution in [2.45, 2.75) is 32.9 Å². The van der Waals surface area contributed by atoms with Gasteiger partial charge in [0.15, 0.2) is 5.96 Å². The average molecular weight is 459 g/mol. The zero-order valence-electron chi connectivity index (χ0n) is 14.6. The Balaban J connectivity index is 0.00000288. The third kappa shape index (κ3) is 6.32. The molecule has 0 spiro atoms. The molecule has 24 heavy (non-hydrogen) atoms. The lowest BCUT2D eigenvalue weighted by molar-refractivity contribution is 0.409. The zero-order chi connectivity index (χ0) is 16.7. The van der Waals surface area contributed by atoms with E-state index in [1.54, 1.807) is 14.2 Å². The number of guanidine groups is 1. The number of hydrogen-bond acceptors (Lipinski definition) is 3. The van der Waals surface area contributed by atoms with Crippen LogP contribution in [0.2, 0.25) is 0 Å². The first-order valence-corrected chi connectivity index (χ1v) is 8.58. The predicted molar refractivity (Wildman–Crippen MR) is 114 cm³/mol. The van der Waals surface area contributed by atoms with Crippen molar-refractivity contribution in [3.05, 3.63) is 51.7 Å². The Bertz CT molecular complexity index is 657. The molecule has 0 saturated heterocycles. The topological polar surface area (TPSA) is 45.7 Å². The lowest BCUT2D eigenvalue weighted by Gasteiger charge is -2.18. The van der Waals surface area contributed by atoms with Crippen molar-refractivity contribution in [1.82, 2.24) is 10.6 Å². The number of hydrogen-bond donors (Lipinski definition) is 2. The van der Waals surface area contributed by atoms with Gasteiger partial charge in [0.2, 0.25) is 0 Å². The molecule has 0 saturated carbocycles. The Labute approximate surface area is 165 Å². The van der Waals surface area contributed by atoms with Crippen LogP contribution >= 0.6 is 35.3 Å². The minimum absolute atomic E-state index is 0. The summed E-state index contributed by atoms with van der Waals surface area (Å²) in [6, 6.07) is 12.7. The van der Waals surface area contributed by atoms with Crippen LogP contribution in [0.3, 0.4) is 0 Å². The van der Waals surface area contributed by atoms with Crippen LogP contribution < -0.4 is 15.4 Å². The van der Waals surface area contributed by atoms with E-state index in [0.29, 0.717) is 12.6 Å². The fourth-order valence-corrected chi connectivity index (χ4v) is 3.42. The summed E-state index contributed by atoms with van der Waals surface area (Å²) in [6.45, 7) is 4.99. The van der Waals surface area contributed by atoms with E-state index in [1.807, 2.05) is 29.5 Å². The van der Waals surface area contributed by atoms with E-state index in [4.69, 9.17) is 4.74 Å². The molecular weight excluding hydrogens is 433 g/mol. The molecule has 1 aromatic carbocycles. The monoisotopic (exact) mass is 459 g/mol. The standard InChI is InChI=1S/C18H25N3OS.HI/c1-13(11-16-10-9-14(2)23-16)21-18(19-3)20-12-15-7-5-6-8-17(15)22-4;/h5-10,13H,11-12H2,1-4H3,(H2,19,20,21);1H. The molecule has 0 radical (unpaired) electrons. The number of thiophene rings is 1. The largest absolute Gasteiger partial charge is 0.496 e. The van der Waals surface area contributed by atoms with Gasteiger partial charge in [-0.25, -0.2) is 0 Å². The summed E-state index contributed by atoms with van der Waals surface area (Å²) in [4.78, 5) is 7.05. The first kappa shape index (κ1) is 20.8. The highest BCUT2D eigenvalue weighted by Crippen LogP contribution is 2.17. The van der Waals surface area contributed by atoms with Gasteiger partial charge < -0.3 is 15.4 Å². The minimum atomic E-state index is 0. The molecule has 2 N–H and O–H groups in total. The van der Waals surface area contributed by atoms with Gasteiger partial charge in [0.05, 0.1) is 7.11 Å². The number of para-hydroxylation sites is 1. The Morgan fingerprint density at radius 1 is 1.25 bits per heavy atom. The summed E-state index contributed by atoms with van der Waals surface area (Å²) < 4.78 is 5.37. The number of nitrogens with zero attached hydrogens (tertiary/aromatic N) is 1. The van der Waals surface area contributed by atoms with E-state index < -0.39 is 0 Å². The van der Waals surface area contributed by atoms with Gasteiger partial charge in [-0.05, 0) is 32.0 Å². The number of aliphatic imine (C=N–C) groups is 1.